The molecule has 1 heterocycles. The van der Waals surface area contributed by atoms with Gasteiger partial charge in [0.15, 0.2) is 5.82 Å². The van der Waals surface area contributed by atoms with Crippen LogP contribution in [0.3, 0.4) is 0 Å². The Morgan fingerprint density at radius 1 is 1.50 bits per heavy atom. The summed E-state index contributed by atoms with van der Waals surface area (Å²) in [7, 11) is 0. The van der Waals surface area contributed by atoms with Crippen molar-refractivity contribution in [1.82, 2.24) is 15.5 Å². The molecule has 0 bridgehead atoms. The van der Waals surface area contributed by atoms with Gasteiger partial charge >= 0.3 is 0 Å². The van der Waals surface area contributed by atoms with Crippen LogP contribution < -0.4 is 5.32 Å². The number of aromatic nitrogens is 2. The van der Waals surface area contributed by atoms with Gasteiger partial charge in [-0.2, -0.15) is 4.98 Å². The van der Waals surface area contributed by atoms with Crippen molar-refractivity contribution in [2.45, 2.75) is 32.6 Å². The maximum Gasteiger partial charge on any atom is 0.223 e. The molecule has 5 nitrogen and oxygen atoms in total. The Balaban J connectivity index is 2.08. The van der Waals surface area contributed by atoms with Crippen LogP contribution in [0.25, 0.3) is 0 Å². The fraction of sp³-hybridized carbons (Fsp3) is 0.700. The molecule has 0 fully saturated rings. The van der Waals surface area contributed by atoms with Gasteiger partial charge in [0.25, 0.3) is 0 Å². The molecule has 90 valence electrons. The summed E-state index contributed by atoms with van der Waals surface area (Å²) in [6, 6.07) is 0. The second-order valence-corrected chi connectivity index (χ2v) is 3.85. The first-order valence-corrected chi connectivity index (χ1v) is 5.87. The van der Waals surface area contributed by atoms with Crippen LogP contribution in [-0.2, 0) is 11.2 Å². The fourth-order valence-corrected chi connectivity index (χ4v) is 1.41. The van der Waals surface area contributed by atoms with Gasteiger partial charge in [-0.25, -0.2) is 0 Å². The highest BCUT2D eigenvalue weighted by Gasteiger charge is 2.03. The lowest BCUT2D eigenvalue weighted by atomic mass is 10.2. The minimum Gasteiger partial charge on any atom is -0.356 e. The molecule has 0 aromatic carbocycles. The summed E-state index contributed by atoms with van der Waals surface area (Å²) < 4.78 is 4.81. The highest BCUT2D eigenvalue weighted by molar-refractivity contribution is 6.17. The van der Waals surface area contributed by atoms with Crippen LogP contribution in [0.1, 0.15) is 31.0 Å². The Morgan fingerprint density at radius 3 is 2.94 bits per heavy atom. The minimum absolute atomic E-state index is 0.0466. The third kappa shape index (κ3) is 5.11. The Bertz CT molecular complexity index is 328. The van der Waals surface area contributed by atoms with Crippen LogP contribution in [0.2, 0.25) is 0 Å². The predicted octanol–water partition coefficient (Wildman–Crippen LogP) is 1.45. The van der Waals surface area contributed by atoms with Gasteiger partial charge in [-0.3, -0.25) is 4.79 Å². The highest BCUT2D eigenvalue weighted by Crippen LogP contribution is 1.98. The minimum atomic E-state index is 0.0466. The van der Waals surface area contributed by atoms with Crippen molar-refractivity contribution >= 4 is 17.5 Å². The van der Waals surface area contributed by atoms with Crippen LogP contribution in [0.4, 0.5) is 0 Å². The lowest BCUT2D eigenvalue weighted by molar-refractivity contribution is -0.121. The van der Waals surface area contributed by atoms with Gasteiger partial charge in [0.2, 0.25) is 11.8 Å². The molecule has 0 aliphatic carbocycles. The van der Waals surface area contributed by atoms with Crippen LogP contribution in [0.15, 0.2) is 4.52 Å². The summed E-state index contributed by atoms with van der Waals surface area (Å²) in [5.41, 5.74) is 0. The monoisotopic (exact) mass is 245 g/mol. The molecule has 6 heteroatoms. The zero-order chi connectivity index (χ0) is 11.8. The van der Waals surface area contributed by atoms with Gasteiger partial charge in [-0.05, 0) is 12.8 Å². The number of hydrogen-bond acceptors (Lipinski definition) is 4. The molecule has 0 radical (unpaired) electrons. The molecular formula is C10H16ClN3O2. The van der Waals surface area contributed by atoms with Crippen molar-refractivity contribution in [3.05, 3.63) is 11.7 Å². The molecule has 0 saturated carbocycles. The molecule has 0 unspecified atom stereocenters. The van der Waals surface area contributed by atoms with Gasteiger partial charge in [-0.1, -0.05) is 5.16 Å². The Hall–Kier alpha value is -1.10. The average molecular weight is 246 g/mol. The maximum absolute atomic E-state index is 11.3. The number of aryl methyl sites for hydroxylation is 1. The summed E-state index contributed by atoms with van der Waals surface area (Å²) in [4.78, 5) is 15.3. The molecule has 1 aromatic heterocycles. The topological polar surface area (TPSA) is 68.0 Å². The van der Waals surface area contributed by atoms with E-state index in [-0.39, 0.29) is 5.91 Å². The van der Waals surface area contributed by atoms with Gasteiger partial charge in [0, 0.05) is 32.2 Å². The number of hydrogen-bond donors (Lipinski definition) is 1. The number of nitrogens with zero attached hydrogens (tertiary/aromatic N) is 2. The van der Waals surface area contributed by atoms with Crippen LogP contribution in [-0.4, -0.2) is 28.5 Å². The van der Waals surface area contributed by atoms with Crippen LogP contribution in [0.5, 0.6) is 0 Å². The Labute approximate surface area is 99.6 Å². The third-order valence-corrected chi connectivity index (χ3v) is 2.30. The third-order valence-electron chi connectivity index (χ3n) is 2.03. The van der Waals surface area contributed by atoms with E-state index in [0.29, 0.717) is 37.0 Å². The van der Waals surface area contributed by atoms with E-state index in [4.69, 9.17) is 16.1 Å². The van der Waals surface area contributed by atoms with E-state index < -0.39 is 0 Å². The molecule has 1 aromatic rings. The number of unbranched alkanes of at least 4 members (excludes halogenated alkanes) is 1. The van der Waals surface area contributed by atoms with E-state index in [1.54, 1.807) is 6.92 Å². The molecule has 0 aliphatic heterocycles. The average Bonchev–Trinajstić information content (AvgIpc) is 2.65. The van der Waals surface area contributed by atoms with E-state index in [1.807, 2.05) is 0 Å². The molecular weight excluding hydrogens is 230 g/mol. The quantitative estimate of drug-likeness (QED) is 0.583. The van der Waals surface area contributed by atoms with Crippen molar-refractivity contribution < 1.29 is 9.32 Å². The van der Waals surface area contributed by atoms with E-state index in [1.165, 1.54) is 0 Å². The summed E-state index contributed by atoms with van der Waals surface area (Å²) in [5.74, 6) is 1.82. The number of carbonyl (C=O) groups is 1. The molecule has 1 N–H and O–H groups in total. The van der Waals surface area contributed by atoms with Gasteiger partial charge in [0.1, 0.15) is 0 Å². The first kappa shape index (κ1) is 13.0. The summed E-state index contributed by atoms with van der Waals surface area (Å²) in [6.07, 6.45) is 2.83. The van der Waals surface area contributed by atoms with E-state index >= 15 is 0 Å². The Kier molecular flexibility index (Phi) is 5.85. The van der Waals surface area contributed by atoms with Crippen molar-refractivity contribution in [3.63, 3.8) is 0 Å². The smallest absolute Gasteiger partial charge is 0.223 e. The van der Waals surface area contributed by atoms with Gasteiger partial charge < -0.3 is 9.84 Å². The number of alkyl halides is 1. The lowest BCUT2D eigenvalue weighted by Crippen LogP contribution is -2.25. The number of nitrogens with one attached hydrogen (secondary N) is 1. The molecule has 0 aliphatic rings. The van der Waals surface area contributed by atoms with Crippen molar-refractivity contribution in [1.29, 1.82) is 0 Å². The molecule has 0 atom stereocenters. The predicted molar refractivity (Wildman–Crippen MR) is 60.3 cm³/mol. The number of rotatable bonds is 7. The largest absolute Gasteiger partial charge is 0.356 e. The normalized spacial score (nSPS) is 10.4. The van der Waals surface area contributed by atoms with Crippen LogP contribution in [0, 0.1) is 6.92 Å². The molecule has 1 amide bonds. The lowest BCUT2D eigenvalue weighted by Gasteiger charge is -2.02. The van der Waals surface area contributed by atoms with Gasteiger partial charge in [-0.15, -0.1) is 11.6 Å². The second kappa shape index (κ2) is 7.22. The van der Waals surface area contributed by atoms with Crippen LogP contribution >= 0.6 is 11.6 Å². The first-order valence-electron chi connectivity index (χ1n) is 5.34. The zero-order valence-corrected chi connectivity index (χ0v) is 10.1. The number of halogens is 1. The Morgan fingerprint density at radius 2 is 2.31 bits per heavy atom. The molecule has 0 saturated heterocycles. The van der Waals surface area contributed by atoms with Crippen molar-refractivity contribution in [2.24, 2.45) is 0 Å². The number of carbonyl (C=O) groups excluding carboxylic acids is 1. The first-order chi connectivity index (χ1) is 7.72. The molecule has 16 heavy (non-hydrogen) atoms. The summed E-state index contributed by atoms with van der Waals surface area (Å²) in [6.45, 7) is 2.28. The van der Waals surface area contributed by atoms with Gasteiger partial charge in [0.05, 0.1) is 0 Å². The standard InChI is InChI=1S/C10H16ClN3O2/c1-8-13-9(14-16-8)5-7-12-10(15)4-2-3-6-11/h2-7H2,1H3,(H,12,15). The number of amides is 1. The fourth-order valence-electron chi connectivity index (χ4n) is 1.23. The van der Waals surface area contributed by atoms with E-state index in [9.17, 15) is 4.79 Å². The maximum atomic E-state index is 11.3. The summed E-state index contributed by atoms with van der Waals surface area (Å²) >= 11 is 5.51. The second-order valence-electron chi connectivity index (χ2n) is 3.48. The van der Waals surface area contributed by atoms with E-state index in [2.05, 4.69) is 15.5 Å². The molecule has 0 spiro atoms. The van der Waals surface area contributed by atoms with E-state index in [0.717, 1.165) is 12.8 Å². The molecule has 1 rings (SSSR count). The highest BCUT2D eigenvalue weighted by atomic mass is 35.5. The zero-order valence-electron chi connectivity index (χ0n) is 9.33. The summed E-state index contributed by atoms with van der Waals surface area (Å²) in [5, 5.41) is 6.53. The van der Waals surface area contributed by atoms with Crippen molar-refractivity contribution in [3.8, 4) is 0 Å². The SMILES string of the molecule is Cc1nc(CCNC(=O)CCCCCl)no1. The van der Waals surface area contributed by atoms with Crippen molar-refractivity contribution in [2.75, 3.05) is 12.4 Å².